The van der Waals surface area contributed by atoms with Gasteiger partial charge in [0.05, 0.1) is 6.54 Å². The van der Waals surface area contributed by atoms with Gasteiger partial charge in [-0.05, 0) is 50.3 Å². The Morgan fingerprint density at radius 1 is 1.24 bits per heavy atom. The van der Waals surface area contributed by atoms with Crippen molar-refractivity contribution in [3.8, 4) is 11.4 Å². The number of hydrogen-bond acceptors (Lipinski definition) is 5. The minimum absolute atomic E-state index is 0.637. The molecule has 2 aliphatic rings. The van der Waals surface area contributed by atoms with E-state index in [1.54, 1.807) is 12.4 Å². The van der Waals surface area contributed by atoms with Crippen molar-refractivity contribution in [3.63, 3.8) is 0 Å². The van der Waals surface area contributed by atoms with E-state index in [0.29, 0.717) is 5.82 Å². The number of hydrogen-bond donors (Lipinski definition) is 0. The summed E-state index contributed by atoms with van der Waals surface area (Å²) >= 11 is 0. The fourth-order valence-electron chi connectivity index (χ4n) is 3.51. The van der Waals surface area contributed by atoms with Crippen LogP contribution in [0.3, 0.4) is 0 Å². The van der Waals surface area contributed by atoms with E-state index in [1.165, 1.54) is 32.1 Å². The van der Waals surface area contributed by atoms with Gasteiger partial charge < -0.3 is 4.52 Å². The third-order valence-corrected chi connectivity index (χ3v) is 4.83. The molecule has 4 rings (SSSR count). The molecule has 0 spiro atoms. The average Bonchev–Trinajstić information content (AvgIpc) is 3.09. The Bertz CT molecular complexity index is 593. The Morgan fingerprint density at radius 3 is 2.95 bits per heavy atom. The minimum Gasteiger partial charge on any atom is -0.338 e. The van der Waals surface area contributed by atoms with Crippen LogP contribution in [0.4, 0.5) is 0 Å². The normalized spacial score (nSPS) is 23.3. The third-order valence-electron chi connectivity index (χ3n) is 4.83. The first-order chi connectivity index (χ1) is 10.4. The summed E-state index contributed by atoms with van der Waals surface area (Å²) in [6.07, 6.45) is 10.3. The molecule has 1 unspecified atom stereocenters. The number of likely N-dealkylation sites (tertiary alicyclic amines) is 1. The van der Waals surface area contributed by atoms with Crippen molar-refractivity contribution in [1.29, 1.82) is 0 Å². The number of rotatable bonds is 4. The van der Waals surface area contributed by atoms with Crippen molar-refractivity contribution in [2.24, 2.45) is 5.92 Å². The fourth-order valence-corrected chi connectivity index (χ4v) is 3.51. The predicted molar refractivity (Wildman–Crippen MR) is 78.3 cm³/mol. The highest BCUT2D eigenvalue weighted by Crippen LogP contribution is 2.37. The van der Waals surface area contributed by atoms with E-state index in [1.807, 2.05) is 12.1 Å². The van der Waals surface area contributed by atoms with Crippen molar-refractivity contribution in [1.82, 2.24) is 20.0 Å². The summed E-state index contributed by atoms with van der Waals surface area (Å²) in [5.74, 6) is 2.26. The van der Waals surface area contributed by atoms with Gasteiger partial charge in [0.25, 0.3) is 0 Å². The zero-order valence-electron chi connectivity index (χ0n) is 12.1. The second-order valence-electron chi connectivity index (χ2n) is 6.12. The van der Waals surface area contributed by atoms with Gasteiger partial charge in [-0.2, -0.15) is 4.98 Å². The Morgan fingerprint density at radius 2 is 2.19 bits per heavy atom. The molecule has 0 N–H and O–H groups in total. The molecule has 3 heterocycles. The van der Waals surface area contributed by atoms with Gasteiger partial charge in [-0.1, -0.05) is 11.6 Å². The van der Waals surface area contributed by atoms with Gasteiger partial charge in [0.1, 0.15) is 0 Å². The van der Waals surface area contributed by atoms with Crippen LogP contribution in [0, 0.1) is 5.92 Å². The highest BCUT2D eigenvalue weighted by Gasteiger charge is 2.35. The number of aromatic nitrogens is 3. The van der Waals surface area contributed by atoms with Crippen LogP contribution in [0.25, 0.3) is 11.4 Å². The van der Waals surface area contributed by atoms with Crippen molar-refractivity contribution < 1.29 is 4.52 Å². The monoisotopic (exact) mass is 284 g/mol. The molecule has 5 nitrogen and oxygen atoms in total. The van der Waals surface area contributed by atoms with Crippen molar-refractivity contribution in [2.45, 2.75) is 44.7 Å². The van der Waals surface area contributed by atoms with E-state index in [-0.39, 0.29) is 0 Å². The zero-order valence-corrected chi connectivity index (χ0v) is 12.1. The van der Waals surface area contributed by atoms with Crippen LogP contribution in [0.2, 0.25) is 0 Å². The summed E-state index contributed by atoms with van der Waals surface area (Å²) in [5.41, 5.74) is 0.907. The van der Waals surface area contributed by atoms with E-state index < -0.39 is 0 Å². The standard InChI is InChI=1S/C16H20N4O/c1-4-12(5-1)14-7-3-9-20(14)11-15-18-16(19-21-15)13-6-2-8-17-10-13/h2,6,8,10,12,14H,1,3-5,7,9,11H2. The van der Waals surface area contributed by atoms with E-state index in [0.717, 1.165) is 36.5 Å². The van der Waals surface area contributed by atoms with Crippen LogP contribution in [0.1, 0.15) is 38.0 Å². The van der Waals surface area contributed by atoms with Gasteiger partial charge in [0.2, 0.25) is 11.7 Å². The van der Waals surface area contributed by atoms with Crippen molar-refractivity contribution in [3.05, 3.63) is 30.4 Å². The first-order valence-corrected chi connectivity index (χ1v) is 7.87. The lowest BCUT2D eigenvalue weighted by atomic mass is 9.79. The fraction of sp³-hybridized carbons (Fsp3) is 0.562. The van der Waals surface area contributed by atoms with Crippen LogP contribution in [-0.4, -0.2) is 32.6 Å². The second kappa shape index (κ2) is 5.56. The molecule has 2 aromatic rings. The summed E-state index contributed by atoms with van der Waals surface area (Å²) in [6, 6.07) is 4.57. The largest absolute Gasteiger partial charge is 0.338 e. The average molecular weight is 284 g/mol. The zero-order chi connectivity index (χ0) is 14.1. The Kier molecular flexibility index (Phi) is 3.43. The maximum atomic E-state index is 5.43. The molecule has 21 heavy (non-hydrogen) atoms. The van der Waals surface area contributed by atoms with E-state index in [2.05, 4.69) is 20.0 Å². The first kappa shape index (κ1) is 13.0. The van der Waals surface area contributed by atoms with Gasteiger partial charge in [0.15, 0.2) is 0 Å². The molecular formula is C16H20N4O. The topological polar surface area (TPSA) is 55.1 Å². The predicted octanol–water partition coefficient (Wildman–Crippen LogP) is 2.90. The molecule has 2 aromatic heterocycles. The van der Waals surface area contributed by atoms with Gasteiger partial charge in [-0.15, -0.1) is 0 Å². The molecular weight excluding hydrogens is 264 g/mol. The van der Waals surface area contributed by atoms with E-state index in [9.17, 15) is 0 Å². The molecule has 1 aliphatic carbocycles. The highest BCUT2D eigenvalue weighted by molar-refractivity contribution is 5.51. The minimum atomic E-state index is 0.637. The van der Waals surface area contributed by atoms with Crippen LogP contribution >= 0.6 is 0 Å². The van der Waals surface area contributed by atoms with Gasteiger partial charge in [-0.3, -0.25) is 9.88 Å². The lowest BCUT2D eigenvalue weighted by Crippen LogP contribution is -2.38. The summed E-state index contributed by atoms with van der Waals surface area (Å²) in [6.45, 7) is 1.94. The summed E-state index contributed by atoms with van der Waals surface area (Å²) in [7, 11) is 0. The Balaban J connectivity index is 1.46. The maximum absolute atomic E-state index is 5.43. The second-order valence-corrected chi connectivity index (χ2v) is 6.12. The van der Waals surface area contributed by atoms with Crippen LogP contribution in [-0.2, 0) is 6.54 Å². The molecule has 5 heteroatoms. The number of pyridine rings is 1. The quantitative estimate of drug-likeness (QED) is 0.864. The molecule has 1 saturated heterocycles. The molecule has 110 valence electrons. The molecule has 1 atom stereocenters. The van der Waals surface area contributed by atoms with E-state index in [4.69, 9.17) is 4.52 Å². The smallest absolute Gasteiger partial charge is 0.241 e. The number of nitrogens with zero attached hydrogens (tertiary/aromatic N) is 4. The SMILES string of the molecule is c1cncc(-c2noc(CN3CCCC3C3CCC3)n2)c1. The molecule has 0 bridgehead atoms. The molecule has 1 aliphatic heterocycles. The van der Waals surface area contributed by atoms with Crippen LogP contribution < -0.4 is 0 Å². The molecule has 2 fully saturated rings. The maximum Gasteiger partial charge on any atom is 0.241 e. The summed E-state index contributed by atoms with van der Waals surface area (Å²) in [5, 5.41) is 4.08. The molecule has 0 radical (unpaired) electrons. The summed E-state index contributed by atoms with van der Waals surface area (Å²) in [4.78, 5) is 11.1. The summed E-state index contributed by atoms with van der Waals surface area (Å²) < 4.78 is 5.43. The van der Waals surface area contributed by atoms with Gasteiger partial charge in [-0.25, -0.2) is 0 Å². The molecule has 1 saturated carbocycles. The van der Waals surface area contributed by atoms with Crippen molar-refractivity contribution >= 4 is 0 Å². The van der Waals surface area contributed by atoms with Crippen LogP contribution in [0.5, 0.6) is 0 Å². The van der Waals surface area contributed by atoms with E-state index >= 15 is 0 Å². The molecule has 0 aromatic carbocycles. The lowest BCUT2D eigenvalue weighted by molar-refractivity contribution is 0.115. The first-order valence-electron chi connectivity index (χ1n) is 7.87. The van der Waals surface area contributed by atoms with Gasteiger partial charge >= 0.3 is 0 Å². The Hall–Kier alpha value is -1.75. The molecule has 0 amide bonds. The lowest BCUT2D eigenvalue weighted by Gasteiger charge is -2.36. The van der Waals surface area contributed by atoms with Crippen molar-refractivity contribution in [2.75, 3.05) is 6.54 Å². The Labute approximate surface area is 124 Å². The highest BCUT2D eigenvalue weighted by atomic mass is 16.5. The van der Waals surface area contributed by atoms with Crippen LogP contribution in [0.15, 0.2) is 29.0 Å². The van der Waals surface area contributed by atoms with Gasteiger partial charge in [0, 0.05) is 24.0 Å². The third kappa shape index (κ3) is 2.58.